The summed E-state index contributed by atoms with van der Waals surface area (Å²) in [5.41, 5.74) is 1.99. The van der Waals surface area contributed by atoms with Crippen LogP contribution in [0, 0.1) is 0 Å². The third-order valence-corrected chi connectivity index (χ3v) is 3.07. The molecule has 4 heteroatoms. The molecule has 0 spiro atoms. The first kappa shape index (κ1) is 14.9. The van der Waals surface area contributed by atoms with Crippen molar-refractivity contribution in [3.63, 3.8) is 0 Å². The van der Waals surface area contributed by atoms with Gasteiger partial charge in [0.2, 0.25) is 0 Å². The Bertz CT molecular complexity index is 624. The molecule has 0 aliphatic carbocycles. The molecule has 0 bridgehead atoms. The molecule has 1 aromatic carbocycles. The minimum absolute atomic E-state index is 0.261. The first-order valence-corrected chi connectivity index (χ1v) is 6.74. The van der Waals surface area contributed by atoms with Gasteiger partial charge in [0.25, 0.3) is 0 Å². The molecule has 0 amide bonds. The average Bonchev–Trinajstić information content (AvgIpc) is 2.48. The first-order chi connectivity index (χ1) is 10.2. The number of hydrogen-bond donors (Lipinski definition) is 1. The van der Waals surface area contributed by atoms with Gasteiger partial charge in [0.1, 0.15) is 0 Å². The summed E-state index contributed by atoms with van der Waals surface area (Å²) in [7, 11) is 1.94. The molecule has 21 heavy (non-hydrogen) atoms. The van der Waals surface area contributed by atoms with Crippen LogP contribution in [0.5, 0.6) is 0 Å². The van der Waals surface area contributed by atoms with Crippen molar-refractivity contribution in [2.45, 2.75) is 6.54 Å². The van der Waals surface area contributed by atoms with Crippen molar-refractivity contribution in [3.8, 4) is 0 Å². The number of rotatable bonds is 6. The van der Waals surface area contributed by atoms with Gasteiger partial charge in [-0.15, -0.1) is 0 Å². The predicted molar refractivity (Wildman–Crippen MR) is 83.0 cm³/mol. The average molecular weight is 282 g/mol. The standard InChI is InChI=1S/C17H18N2O2/c1-19(12-6-9-14-7-3-2-4-8-14)13-16-15(17(20)21)10-5-11-18-16/h2-11H,12-13H2,1H3,(H,20,21). The molecule has 0 radical (unpaired) electrons. The molecule has 0 atom stereocenters. The quantitative estimate of drug-likeness (QED) is 0.885. The van der Waals surface area contributed by atoms with Crippen LogP contribution < -0.4 is 0 Å². The van der Waals surface area contributed by atoms with Crippen LogP contribution in [0.3, 0.4) is 0 Å². The number of likely N-dealkylation sites (N-methyl/N-ethyl adjacent to an activating group) is 1. The van der Waals surface area contributed by atoms with E-state index in [-0.39, 0.29) is 5.56 Å². The number of pyridine rings is 1. The van der Waals surface area contributed by atoms with Crippen molar-refractivity contribution >= 4 is 12.0 Å². The van der Waals surface area contributed by atoms with Gasteiger partial charge in [0.15, 0.2) is 0 Å². The van der Waals surface area contributed by atoms with Crippen LogP contribution >= 0.6 is 0 Å². The molecule has 0 fully saturated rings. The molecule has 0 aliphatic heterocycles. The number of benzene rings is 1. The first-order valence-electron chi connectivity index (χ1n) is 6.74. The number of hydrogen-bond acceptors (Lipinski definition) is 3. The molecule has 1 heterocycles. The second-order valence-electron chi connectivity index (χ2n) is 4.81. The van der Waals surface area contributed by atoms with Gasteiger partial charge in [0.05, 0.1) is 11.3 Å². The largest absolute Gasteiger partial charge is 0.478 e. The molecule has 0 unspecified atom stereocenters. The van der Waals surface area contributed by atoms with Crippen LogP contribution in [0.1, 0.15) is 21.6 Å². The number of carboxylic acids is 1. The smallest absolute Gasteiger partial charge is 0.337 e. The van der Waals surface area contributed by atoms with Crippen LogP contribution in [0.15, 0.2) is 54.7 Å². The zero-order valence-corrected chi connectivity index (χ0v) is 11.9. The van der Waals surface area contributed by atoms with E-state index in [2.05, 4.69) is 11.1 Å². The lowest BCUT2D eigenvalue weighted by Crippen LogP contribution is -2.20. The van der Waals surface area contributed by atoms with Gasteiger partial charge in [-0.25, -0.2) is 4.79 Å². The van der Waals surface area contributed by atoms with Crippen molar-refractivity contribution in [1.82, 2.24) is 9.88 Å². The SMILES string of the molecule is CN(CC=Cc1ccccc1)Cc1ncccc1C(=O)O. The minimum Gasteiger partial charge on any atom is -0.478 e. The Labute approximate surface area is 124 Å². The maximum atomic E-state index is 11.1. The van der Waals surface area contributed by atoms with Crippen molar-refractivity contribution in [3.05, 3.63) is 71.6 Å². The third kappa shape index (κ3) is 4.54. The van der Waals surface area contributed by atoms with Crippen molar-refractivity contribution in [2.75, 3.05) is 13.6 Å². The number of aromatic carboxylic acids is 1. The van der Waals surface area contributed by atoms with E-state index >= 15 is 0 Å². The lowest BCUT2D eigenvalue weighted by molar-refractivity contribution is 0.0694. The van der Waals surface area contributed by atoms with E-state index in [0.29, 0.717) is 12.2 Å². The van der Waals surface area contributed by atoms with Gasteiger partial charge in [-0.3, -0.25) is 9.88 Å². The minimum atomic E-state index is -0.939. The summed E-state index contributed by atoms with van der Waals surface area (Å²) in [5, 5.41) is 9.13. The van der Waals surface area contributed by atoms with Gasteiger partial charge in [-0.05, 0) is 24.7 Å². The van der Waals surface area contributed by atoms with Crippen LogP contribution in [-0.4, -0.2) is 34.6 Å². The molecule has 1 aromatic heterocycles. The lowest BCUT2D eigenvalue weighted by Gasteiger charge is -2.14. The fourth-order valence-electron chi connectivity index (χ4n) is 2.01. The maximum absolute atomic E-state index is 11.1. The van der Waals surface area contributed by atoms with E-state index in [1.165, 1.54) is 0 Å². The molecule has 1 N–H and O–H groups in total. The lowest BCUT2D eigenvalue weighted by atomic mass is 10.2. The second kappa shape index (κ2) is 7.36. The van der Waals surface area contributed by atoms with Gasteiger partial charge in [-0.2, -0.15) is 0 Å². The summed E-state index contributed by atoms with van der Waals surface area (Å²) in [6, 6.07) is 13.3. The third-order valence-electron chi connectivity index (χ3n) is 3.07. The van der Waals surface area contributed by atoms with Crippen molar-refractivity contribution < 1.29 is 9.90 Å². The van der Waals surface area contributed by atoms with Gasteiger partial charge < -0.3 is 5.11 Å². The van der Waals surface area contributed by atoms with Crippen LogP contribution in [0.25, 0.3) is 6.08 Å². The van der Waals surface area contributed by atoms with E-state index in [4.69, 9.17) is 5.11 Å². The van der Waals surface area contributed by atoms with E-state index in [1.807, 2.05) is 48.4 Å². The van der Waals surface area contributed by atoms with Crippen molar-refractivity contribution in [1.29, 1.82) is 0 Å². The fourth-order valence-corrected chi connectivity index (χ4v) is 2.01. The summed E-state index contributed by atoms with van der Waals surface area (Å²) in [4.78, 5) is 17.3. The topological polar surface area (TPSA) is 53.4 Å². The molecule has 0 saturated heterocycles. The van der Waals surface area contributed by atoms with Crippen LogP contribution in [0.4, 0.5) is 0 Å². The monoisotopic (exact) mass is 282 g/mol. The Balaban J connectivity index is 1.95. The van der Waals surface area contributed by atoms with E-state index in [1.54, 1.807) is 18.3 Å². The Morgan fingerprint density at radius 3 is 2.71 bits per heavy atom. The van der Waals surface area contributed by atoms with Crippen LogP contribution in [-0.2, 0) is 6.54 Å². The maximum Gasteiger partial charge on any atom is 0.337 e. The molecule has 2 rings (SSSR count). The van der Waals surface area contributed by atoms with E-state index in [9.17, 15) is 4.79 Å². The summed E-state index contributed by atoms with van der Waals surface area (Å²) in [6.07, 6.45) is 5.72. The Hall–Kier alpha value is -2.46. The highest BCUT2D eigenvalue weighted by atomic mass is 16.4. The predicted octanol–water partition coefficient (Wildman–Crippen LogP) is 2.93. The normalized spacial score (nSPS) is 11.1. The second-order valence-corrected chi connectivity index (χ2v) is 4.81. The number of carboxylic acid groups (broad SMARTS) is 1. The van der Waals surface area contributed by atoms with Gasteiger partial charge in [-0.1, -0.05) is 42.5 Å². The highest BCUT2D eigenvalue weighted by molar-refractivity contribution is 5.88. The Morgan fingerprint density at radius 1 is 1.24 bits per heavy atom. The zero-order chi connectivity index (χ0) is 15.1. The van der Waals surface area contributed by atoms with Gasteiger partial charge >= 0.3 is 5.97 Å². The van der Waals surface area contributed by atoms with E-state index in [0.717, 1.165) is 12.1 Å². The summed E-state index contributed by atoms with van der Waals surface area (Å²) < 4.78 is 0. The van der Waals surface area contributed by atoms with E-state index < -0.39 is 5.97 Å². The highest BCUT2D eigenvalue weighted by Gasteiger charge is 2.11. The number of nitrogens with zero attached hydrogens (tertiary/aromatic N) is 2. The molecular weight excluding hydrogens is 264 g/mol. The van der Waals surface area contributed by atoms with Gasteiger partial charge in [0, 0.05) is 19.3 Å². The fraction of sp³-hybridized carbons (Fsp3) is 0.176. The number of aromatic nitrogens is 1. The van der Waals surface area contributed by atoms with Crippen LogP contribution in [0.2, 0.25) is 0 Å². The summed E-state index contributed by atoms with van der Waals surface area (Å²) in [5.74, 6) is -0.939. The summed E-state index contributed by atoms with van der Waals surface area (Å²) in [6.45, 7) is 1.23. The molecule has 0 saturated carbocycles. The Morgan fingerprint density at radius 2 is 2.00 bits per heavy atom. The molecule has 2 aromatic rings. The molecule has 4 nitrogen and oxygen atoms in total. The van der Waals surface area contributed by atoms with Crippen molar-refractivity contribution in [2.24, 2.45) is 0 Å². The number of carbonyl (C=O) groups is 1. The molecule has 0 aliphatic rings. The Kier molecular flexibility index (Phi) is 5.23. The molecule has 108 valence electrons. The molecular formula is C17H18N2O2. The summed E-state index contributed by atoms with van der Waals surface area (Å²) >= 11 is 0. The highest BCUT2D eigenvalue weighted by Crippen LogP contribution is 2.08. The zero-order valence-electron chi connectivity index (χ0n) is 11.9.